The monoisotopic (exact) mass is 197 g/mol. The van der Waals surface area contributed by atoms with Crippen molar-refractivity contribution in [3.8, 4) is 0 Å². The van der Waals surface area contributed by atoms with Gasteiger partial charge in [-0.2, -0.15) is 13.2 Å². The molecule has 1 saturated carbocycles. The highest BCUT2D eigenvalue weighted by Gasteiger charge is 2.63. The number of aliphatic carboxylic acids is 1. The van der Waals surface area contributed by atoms with Crippen LogP contribution in [0.1, 0.15) is 19.3 Å². The smallest absolute Gasteiger partial charge is 0.404 e. The molecule has 0 aliphatic heterocycles. The van der Waals surface area contributed by atoms with Gasteiger partial charge in [-0.05, 0) is 19.3 Å². The largest absolute Gasteiger partial charge is 0.481 e. The maximum Gasteiger partial charge on any atom is 0.404 e. The Morgan fingerprint density at radius 1 is 1.54 bits per heavy atom. The maximum atomic E-state index is 12.4. The first kappa shape index (κ1) is 10.3. The molecule has 0 amide bonds. The average molecular weight is 197 g/mol. The van der Waals surface area contributed by atoms with Crippen LogP contribution in [-0.4, -0.2) is 23.3 Å². The molecule has 0 aromatic rings. The summed E-state index contributed by atoms with van der Waals surface area (Å²) in [6.07, 6.45) is -5.50. The zero-order valence-corrected chi connectivity index (χ0v) is 6.77. The van der Waals surface area contributed by atoms with E-state index in [1.54, 1.807) is 0 Å². The molecule has 1 aliphatic carbocycles. The normalized spacial score (nSPS) is 34.9. The minimum absolute atomic E-state index is 0.117. The molecule has 1 fully saturated rings. The SMILES string of the molecule is N[C@@H]1CC[C@](C(=O)O)(C(F)(F)F)C1. The van der Waals surface area contributed by atoms with E-state index in [9.17, 15) is 18.0 Å². The van der Waals surface area contributed by atoms with Crippen LogP contribution in [0.5, 0.6) is 0 Å². The topological polar surface area (TPSA) is 63.3 Å². The highest BCUT2D eigenvalue weighted by molar-refractivity contribution is 5.76. The molecule has 0 aromatic carbocycles. The van der Waals surface area contributed by atoms with Crippen molar-refractivity contribution in [1.29, 1.82) is 0 Å². The quantitative estimate of drug-likeness (QED) is 0.662. The Hall–Kier alpha value is -0.780. The number of halogens is 3. The van der Waals surface area contributed by atoms with Gasteiger partial charge in [-0.1, -0.05) is 0 Å². The van der Waals surface area contributed by atoms with Crippen LogP contribution in [0.4, 0.5) is 13.2 Å². The second kappa shape index (κ2) is 2.87. The van der Waals surface area contributed by atoms with Crippen LogP contribution in [0.25, 0.3) is 0 Å². The van der Waals surface area contributed by atoms with E-state index in [2.05, 4.69) is 0 Å². The second-order valence-electron chi connectivity index (χ2n) is 3.39. The van der Waals surface area contributed by atoms with E-state index in [4.69, 9.17) is 10.8 Å². The van der Waals surface area contributed by atoms with Crippen LogP contribution in [0, 0.1) is 5.41 Å². The van der Waals surface area contributed by atoms with E-state index >= 15 is 0 Å². The van der Waals surface area contributed by atoms with Crippen LogP contribution < -0.4 is 5.73 Å². The Morgan fingerprint density at radius 3 is 2.23 bits per heavy atom. The van der Waals surface area contributed by atoms with Crippen LogP contribution in [0.15, 0.2) is 0 Å². The molecule has 13 heavy (non-hydrogen) atoms. The van der Waals surface area contributed by atoms with E-state index in [-0.39, 0.29) is 6.42 Å². The fourth-order valence-corrected chi connectivity index (χ4v) is 1.66. The van der Waals surface area contributed by atoms with Gasteiger partial charge in [-0.15, -0.1) is 0 Å². The molecule has 76 valence electrons. The molecule has 0 bridgehead atoms. The standard InChI is InChI=1S/C7H10F3NO2/c8-7(9,10)6(5(12)13)2-1-4(11)3-6/h4H,1-3,11H2,(H,12,13)/t4-,6+/m1/s1. The van der Waals surface area contributed by atoms with Crippen LogP contribution >= 0.6 is 0 Å². The first-order valence-corrected chi connectivity index (χ1v) is 3.85. The summed E-state index contributed by atoms with van der Waals surface area (Å²) >= 11 is 0. The van der Waals surface area contributed by atoms with Gasteiger partial charge in [0, 0.05) is 6.04 Å². The molecular weight excluding hydrogens is 187 g/mol. The number of carboxylic acids is 1. The fourth-order valence-electron chi connectivity index (χ4n) is 1.66. The summed E-state index contributed by atoms with van der Waals surface area (Å²) in [5.74, 6) is -1.81. The highest BCUT2D eigenvalue weighted by Crippen LogP contribution is 2.50. The molecule has 0 spiro atoms. The molecule has 0 saturated heterocycles. The van der Waals surface area contributed by atoms with Crippen molar-refractivity contribution in [2.75, 3.05) is 0 Å². The number of carbonyl (C=O) groups is 1. The summed E-state index contributed by atoms with van der Waals surface area (Å²) in [6.45, 7) is 0. The van der Waals surface area contributed by atoms with Crippen molar-refractivity contribution in [2.24, 2.45) is 11.1 Å². The second-order valence-corrected chi connectivity index (χ2v) is 3.39. The van der Waals surface area contributed by atoms with Crippen LogP contribution in [0.2, 0.25) is 0 Å². The first-order chi connectivity index (χ1) is 5.79. The molecular formula is C7H10F3NO2. The van der Waals surface area contributed by atoms with Crippen molar-refractivity contribution < 1.29 is 23.1 Å². The zero-order chi connectivity index (χ0) is 10.3. The average Bonchev–Trinajstić information content (AvgIpc) is 2.30. The minimum atomic E-state index is -4.70. The van der Waals surface area contributed by atoms with Gasteiger partial charge in [-0.3, -0.25) is 4.79 Å². The lowest BCUT2D eigenvalue weighted by atomic mass is 9.85. The van der Waals surface area contributed by atoms with Gasteiger partial charge < -0.3 is 10.8 Å². The van der Waals surface area contributed by atoms with E-state index in [0.717, 1.165) is 0 Å². The number of rotatable bonds is 1. The van der Waals surface area contributed by atoms with Gasteiger partial charge >= 0.3 is 12.1 Å². The summed E-state index contributed by atoms with van der Waals surface area (Å²) in [6, 6.07) is -0.655. The number of hydrogen-bond acceptors (Lipinski definition) is 2. The molecule has 0 radical (unpaired) electrons. The Balaban J connectivity index is 2.97. The van der Waals surface area contributed by atoms with Gasteiger partial charge in [0.25, 0.3) is 0 Å². The predicted molar refractivity (Wildman–Crippen MR) is 38.0 cm³/mol. The van der Waals surface area contributed by atoms with Crippen molar-refractivity contribution in [1.82, 2.24) is 0 Å². The molecule has 2 atom stereocenters. The van der Waals surface area contributed by atoms with Crippen molar-refractivity contribution >= 4 is 5.97 Å². The Labute approximate surface area is 72.7 Å². The lowest BCUT2D eigenvalue weighted by Gasteiger charge is -2.26. The Kier molecular flexibility index (Phi) is 2.27. The lowest BCUT2D eigenvalue weighted by molar-refractivity contribution is -0.230. The molecule has 1 rings (SSSR count). The summed E-state index contributed by atoms with van der Waals surface area (Å²) in [5.41, 5.74) is 2.68. The zero-order valence-electron chi connectivity index (χ0n) is 6.77. The van der Waals surface area contributed by atoms with E-state index in [1.807, 2.05) is 0 Å². The van der Waals surface area contributed by atoms with E-state index in [0.29, 0.717) is 0 Å². The maximum absolute atomic E-state index is 12.4. The Bertz CT molecular complexity index is 228. The molecule has 0 heterocycles. The third kappa shape index (κ3) is 1.50. The third-order valence-electron chi connectivity index (χ3n) is 2.50. The molecule has 0 unspecified atom stereocenters. The molecule has 1 aliphatic rings. The van der Waals surface area contributed by atoms with E-state index < -0.39 is 36.4 Å². The summed E-state index contributed by atoms with van der Waals surface area (Å²) in [5, 5.41) is 8.54. The number of alkyl halides is 3. The summed E-state index contributed by atoms with van der Waals surface area (Å²) < 4.78 is 37.2. The molecule has 3 N–H and O–H groups in total. The van der Waals surface area contributed by atoms with Crippen molar-refractivity contribution in [2.45, 2.75) is 31.5 Å². The summed E-state index contributed by atoms with van der Waals surface area (Å²) in [7, 11) is 0. The van der Waals surface area contributed by atoms with Crippen molar-refractivity contribution in [3.63, 3.8) is 0 Å². The van der Waals surface area contributed by atoms with Gasteiger partial charge in [0.05, 0.1) is 0 Å². The molecule has 3 nitrogen and oxygen atoms in total. The van der Waals surface area contributed by atoms with Gasteiger partial charge in [0.2, 0.25) is 0 Å². The summed E-state index contributed by atoms with van der Waals surface area (Å²) in [4.78, 5) is 10.5. The third-order valence-corrected chi connectivity index (χ3v) is 2.50. The molecule has 6 heteroatoms. The van der Waals surface area contributed by atoms with Gasteiger partial charge in [0.15, 0.2) is 5.41 Å². The van der Waals surface area contributed by atoms with Gasteiger partial charge in [0.1, 0.15) is 0 Å². The van der Waals surface area contributed by atoms with E-state index in [1.165, 1.54) is 0 Å². The highest BCUT2D eigenvalue weighted by atomic mass is 19.4. The van der Waals surface area contributed by atoms with Crippen LogP contribution in [0.3, 0.4) is 0 Å². The predicted octanol–water partition coefficient (Wildman–Crippen LogP) is 1.13. The number of nitrogens with two attached hydrogens (primary N) is 1. The van der Waals surface area contributed by atoms with Crippen LogP contribution in [-0.2, 0) is 4.79 Å². The van der Waals surface area contributed by atoms with Gasteiger partial charge in [-0.25, -0.2) is 0 Å². The number of hydrogen-bond donors (Lipinski definition) is 2. The van der Waals surface area contributed by atoms with Crippen molar-refractivity contribution in [3.05, 3.63) is 0 Å². The minimum Gasteiger partial charge on any atom is -0.481 e. The fraction of sp³-hybridized carbons (Fsp3) is 0.857. The number of carboxylic acid groups (broad SMARTS) is 1. The molecule has 0 aromatic heterocycles. The first-order valence-electron chi connectivity index (χ1n) is 3.85. The Morgan fingerprint density at radius 2 is 2.08 bits per heavy atom. The lowest BCUT2D eigenvalue weighted by Crippen LogP contribution is -2.43.